The lowest BCUT2D eigenvalue weighted by molar-refractivity contribution is -0.122. The van der Waals surface area contributed by atoms with Crippen LogP contribution in [-0.2, 0) is 14.8 Å². The monoisotopic (exact) mass is 442 g/mol. The zero-order chi connectivity index (χ0) is 22.6. The number of amides is 1. The van der Waals surface area contributed by atoms with Crippen LogP contribution in [-0.4, -0.2) is 40.8 Å². The molecule has 2 rings (SSSR count). The molecule has 30 heavy (non-hydrogen) atoms. The first-order valence-corrected chi connectivity index (χ1v) is 10.8. The van der Waals surface area contributed by atoms with Gasteiger partial charge in [0.2, 0.25) is 15.9 Å². The van der Waals surface area contributed by atoms with Crippen molar-refractivity contribution in [1.29, 1.82) is 0 Å². The van der Waals surface area contributed by atoms with Crippen LogP contribution in [0.1, 0.15) is 25.5 Å². The molecule has 0 bridgehead atoms. The van der Waals surface area contributed by atoms with Crippen molar-refractivity contribution in [3.8, 4) is 11.5 Å². The van der Waals surface area contributed by atoms with E-state index in [0.717, 1.165) is 28.8 Å². The Hall–Kier alpha value is -2.88. The number of anilines is 1. The molecule has 2 aromatic carbocycles. The van der Waals surface area contributed by atoms with Crippen LogP contribution in [0.5, 0.6) is 11.5 Å². The largest absolute Gasteiger partial charge is 0.497 e. The van der Waals surface area contributed by atoms with Crippen molar-refractivity contribution < 1.29 is 31.5 Å². The van der Waals surface area contributed by atoms with Crippen LogP contribution in [0.3, 0.4) is 0 Å². The van der Waals surface area contributed by atoms with E-state index in [1.807, 2.05) is 0 Å². The fourth-order valence-corrected chi connectivity index (χ4v) is 4.19. The van der Waals surface area contributed by atoms with E-state index in [-0.39, 0.29) is 5.69 Å². The van der Waals surface area contributed by atoms with Gasteiger partial charge in [0.15, 0.2) is 11.6 Å². The van der Waals surface area contributed by atoms with E-state index in [1.54, 1.807) is 25.1 Å². The summed E-state index contributed by atoms with van der Waals surface area (Å²) >= 11 is 0. The highest BCUT2D eigenvalue weighted by Gasteiger charge is 2.31. The highest BCUT2D eigenvalue weighted by molar-refractivity contribution is 7.92. The second kappa shape index (κ2) is 9.29. The lowest BCUT2D eigenvalue weighted by Crippen LogP contribution is -2.48. The average Bonchev–Trinajstić information content (AvgIpc) is 2.68. The molecule has 10 heteroatoms. The minimum atomic E-state index is -3.98. The van der Waals surface area contributed by atoms with E-state index in [9.17, 15) is 22.0 Å². The Labute approximate surface area is 174 Å². The number of rotatable bonds is 8. The maximum Gasteiger partial charge on any atom is 0.244 e. The van der Waals surface area contributed by atoms with Gasteiger partial charge < -0.3 is 14.8 Å². The van der Waals surface area contributed by atoms with Gasteiger partial charge in [0.1, 0.15) is 17.5 Å². The molecule has 0 heterocycles. The molecule has 0 saturated heterocycles. The van der Waals surface area contributed by atoms with Crippen molar-refractivity contribution in [1.82, 2.24) is 5.32 Å². The first-order valence-electron chi connectivity index (χ1n) is 8.96. The Morgan fingerprint density at radius 3 is 2.23 bits per heavy atom. The highest BCUT2D eigenvalue weighted by atomic mass is 32.2. The summed E-state index contributed by atoms with van der Waals surface area (Å²) in [5, 5.41) is 2.72. The van der Waals surface area contributed by atoms with Gasteiger partial charge in [-0.25, -0.2) is 17.2 Å². The summed E-state index contributed by atoms with van der Waals surface area (Å²) < 4.78 is 62.8. The maximum atomic E-state index is 13.7. The number of benzene rings is 2. The normalized spacial score (nSPS) is 13.3. The fourth-order valence-electron chi connectivity index (χ4n) is 3.02. The number of ether oxygens (including phenoxy) is 2. The number of methoxy groups -OCH3 is 2. The van der Waals surface area contributed by atoms with Crippen molar-refractivity contribution in [2.75, 3.05) is 24.8 Å². The summed E-state index contributed by atoms with van der Waals surface area (Å²) in [4.78, 5) is 12.8. The van der Waals surface area contributed by atoms with E-state index in [2.05, 4.69) is 5.32 Å². The predicted octanol–water partition coefficient (Wildman–Crippen LogP) is 3.01. The standard InChI is InChI=1S/C20H24F2N2O5S/c1-12(16-11-15(28-3)7-9-19(16)29-4)23-20(25)13(2)24(30(5,26)27)14-6-8-17(21)18(22)10-14/h6-13H,1-5H3,(H,23,25)/t12-,13-/m1/s1. The Kier molecular flexibility index (Phi) is 7.25. The molecule has 2 aromatic rings. The molecule has 1 amide bonds. The molecule has 0 aromatic heterocycles. The molecule has 7 nitrogen and oxygen atoms in total. The Bertz CT molecular complexity index is 1030. The molecule has 0 fully saturated rings. The van der Waals surface area contributed by atoms with Crippen LogP contribution in [0.15, 0.2) is 36.4 Å². The molecule has 0 radical (unpaired) electrons. The van der Waals surface area contributed by atoms with Gasteiger partial charge in [-0.2, -0.15) is 0 Å². The maximum absolute atomic E-state index is 13.7. The molecule has 0 saturated carbocycles. The van der Waals surface area contributed by atoms with E-state index in [0.29, 0.717) is 17.1 Å². The predicted molar refractivity (Wildman–Crippen MR) is 109 cm³/mol. The van der Waals surface area contributed by atoms with E-state index in [1.165, 1.54) is 21.1 Å². The van der Waals surface area contributed by atoms with Crippen molar-refractivity contribution in [2.45, 2.75) is 25.9 Å². The second-order valence-corrected chi connectivity index (χ2v) is 8.53. The highest BCUT2D eigenvalue weighted by Crippen LogP contribution is 2.30. The van der Waals surface area contributed by atoms with Crippen molar-refractivity contribution >= 4 is 21.6 Å². The number of nitrogens with zero attached hydrogens (tertiary/aromatic N) is 1. The summed E-state index contributed by atoms with van der Waals surface area (Å²) in [5.41, 5.74) is 0.460. The van der Waals surface area contributed by atoms with Crippen molar-refractivity contribution in [3.63, 3.8) is 0 Å². The van der Waals surface area contributed by atoms with Crippen molar-refractivity contribution in [2.24, 2.45) is 0 Å². The third kappa shape index (κ3) is 5.18. The van der Waals surface area contributed by atoms with Crippen LogP contribution < -0.4 is 19.1 Å². The molecule has 0 aliphatic heterocycles. The fraction of sp³-hybridized carbons (Fsp3) is 0.350. The van der Waals surface area contributed by atoms with Crippen LogP contribution in [0.25, 0.3) is 0 Å². The van der Waals surface area contributed by atoms with Crippen LogP contribution >= 0.6 is 0 Å². The van der Waals surface area contributed by atoms with Crippen molar-refractivity contribution in [3.05, 3.63) is 53.6 Å². The molecular formula is C20H24F2N2O5S. The van der Waals surface area contributed by atoms with Gasteiger partial charge in [0.25, 0.3) is 0 Å². The van der Waals surface area contributed by atoms with E-state index in [4.69, 9.17) is 9.47 Å². The third-order valence-corrected chi connectivity index (χ3v) is 5.75. The summed E-state index contributed by atoms with van der Waals surface area (Å²) in [6, 6.07) is 5.92. The molecular weight excluding hydrogens is 418 g/mol. The molecule has 0 spiro atoms. The summed E-state index contributed by atoms with van der Waals surface area (Å²) in [7, 11) is -0.991. The first-order chi connectivity index (χ1) is 14.0. The quantitative estimate of drug-likeness (QED) is 0.679. The summed E-state index contributed by atoms with van der Waals surface area (Å²) in [5.74, 6) is -1.91. The topological polar surface area (TPSA) is 84.9 Å². The van der Waals surface area contributed by atoms with E-state index < -0.39 is 39.6 Å². The zero-order valence-electron chi connectivity index (χ0n) is 17.3. The number of sulfonamides is 1. The lowest BCUT2D eigenvalue weighted by atomic mass is 10.1. The summed E-state index contributed by atoms with van der Waals surface area (Å²) in [6.07, 6.45) is 0.882. The van der Waals surface area contributed by atoms with Gasteiger partial charge in [-0.05, 0) is 44.2 Å². The number of nitrogens with one attached hydrogen (secondary N) is 1. The van der Waals surface area contributed by atoms with Gasteiger partial charge in [-0.15, -0.1) is 0 Å². The first kappa shape index (κ1) is 23.4. The van der Waals surface area contributed by atoms with Gasteiger partial charge >= 0.3 is 0 Å². The molecule has 0 aliphatic rings. The smallest absolute Gasteiger partial charge is 0.244 e. The lowest BCUT2D eigenvalue weighted by Gasteiger charge is -2.29. The third-order valence-electron chi connectivity index (χ3n) is 4.51. The zero-order valence-corrected chi connectivity index (χ0v) is 18.1. The van der Waals surface area contributed by atoms with Crippen LogP contribution in [0.4, 0.5) is 14.5 Å². The molecule has 2 atom stereocenters. The molecule has 164 valence electrons. The second-order valence-electron chi connectivity index (χ2n) is 6.67. The Morgan fingerprint density at radius 1 is 1.03 bits per heavy atom. The number of hydrogen-bond donors (Lipinski definition) is 1. The number of carbonyl (C=O) groups is 1. The van der Waals surface area contributed by atoms with E-state index >= 15 is 0 Å². The number of halogens is 2. The number of carbonyl (C=O) groups excluding carboxylic acids is 1. The minimum Gasteiger partial charge on any atom is -0.497 e. The SMILES string of the molecule is COc1ccc(OC)c([C@@H](C)NC(=O)[C@@H](C)N(c2ccc(F)c(F)c2)S(C)(=O)=O)c1. The molecule has 0 aliphatic carbocycles. The molecule has 1 N–H and O–H groups in total. The number of hydrogen-bond acceptors (Lipinski definition) is 5. The van der Waals surface area contributed by atoms with Gasteiger partial charge in [-0.3, -0.25) is 9.10 Å². The average molecular weight is 442 g/mol. The molecule has 0 unspecified atom stereocenters. The van der Waals surface area contributed by atoms with Gasteiger partial charge in [0.05, 0.1) is 32.2 Å². The van der Waals surface area contributed by atoms with Gasteiger partial charge in [-0.1, -0.05) is 0 Å². The minimum absolute atomic E-state index is 0.161. The Morgan fingerprint density at radius 2 is 1.70 bits per heavy atom. The summed E-state index contributed by atoms with van der Waals surface area (Å²) in [6.45, 7) is 3.05. The van der Waals surface area contributed by atoms with Gasteiger partial charge in [0, 0.05) is 11.6 Å². The van der Waals surface area contributed by atoms with Crippen LogP contribution in [0, 0.1) is 11.6 Å². The van der Waals surface area contributed by atoms with Crippen LogP contribution in [0.2, 0.25) is 0 Å². The Balaban J connectivity index is 2.33.